The molecule has 3 fully saturated rings. The van der Waals surface area contributed by atoms with E-state index in [1.807, 2.05) is 17.0 Å². The van der Waals surface area contributed by atoms with Crippen LogP contribution in [0.1, 0.15) is 80.6 Å². The highest BCUT2D eigenvalue weighted by atomic mass is 16.4. The summed E-state index contributed by atoms with van der Waals surface area (Å²) < 4.78 is 6.03. The minimum absolute atomic E-state index is 0.0698. The van der Waals surface area contributed by atoms with Gasteiger partial charge in [-0.25, -0.2) is 0 Å². The molecule has 0 unspecified atom stereocenters. The van der Waals surface area contributed by atoms with Gasteiger partial charge in [0.2, 0.25) is 0 Å². The van der Waals surface area contributed by atoms with Crippen LogP contribution in [0.5, 0.6) is 0 Å². The van der Waals surface area contributed by atoms with Crippen LogP contribution in [0.3, 0.4) is 0 Å². The first kappa shape index (κ1) is 19.0. The molecule has 0 aromatic carbocycles. The predicted octanol–water partition coefficient (Wildman–Crippen LogP) is 3.92. The number of furan rings is 1. The Morgan fingerprint density at radius 2 is 1.70 bits per heavy atom. The van der Waals surface area contributed by atoms with Gasteiger partial charge in [0, 0.05) is 32.2 Å². The van der Waals surface area contributed by atoms with Crippen molar-refractivity contribution in [2.24, 2.45) is 0 Å². The average molecular weight is 374 g/mol. The van der Waals surface area contributed by atoms with Gasteiger partial charge in [-0.3, -0.25) is 14.6 Å². The average Bonchev–Trinajstić information content (AvgIpc) is 3.36. The number of hydrogen-bond acceptors (Lipinski definition) is 4. The molecular formula is C22H35N3O2. The molecule has 1 amide bonds. The molecule has 27 heavy (non-hydrogen) atoms. The summed E-state index contributed by atoms with van der Waals surface area (Å²) in [7, 11) is 0. The molecular weight excluding hydrogens is 338 g/mol. The van der Waals surface area contributed by atoms with Crippen molar-refractivity contribution in [2.75, 3.05) is 39.3 Å². The molecule has 5 heteroatoms. The Hall–Kier alpha value is -1.33. The lowest BCUT2D eigenvalue weighted by Crippen LogP contribution is -2.38. The zero-order valence-corrected chi connectivity index (χ0v) is 16.9. The summed E-state index contributed by atoms with van der Waals surface area (Å²) in [5.41, 5.74) is 0. The fraction of sp³-hybridized carbons (Fsp3) is 0.773. The second-order valence-electron chi connectivity index (χ2n) is 8.59. The van der Waals surface area contributed by atoms with E-state index in [1.165, 1.54) is 44.9 Å². The molecule has 1 aromatic heterocycles. The van der Waals surface area contributed by atoms with Crippen LogP contribution >= 0.6 is 0 Å². The maximum atomic E-state index is 13.0. The van der Waals surface area contributed by atoms with Crippen LogP contribution in [-0.4, -0.2) is 65.9 Å². The smallest absolute Gasteiger partial charge is 0.289 e. The maximum absolute atomic E-state index is 13.0. The van der Waals surface area contributed by atoms with Crippen molar-refractivity contribution < 1.29 is 9.21 Å². The lowest BCUT2D eigenvalue weighted by Gasteiger charge is -2.31. The van der Waals surface area contributed by atoms with Crippen LogP contribution in [0.25, 0.3) is 0 Å². The summed E-state index contributed by atoms with van der Waals surface area (Å²) in [6.07, 6.45) is 10.3. The van der Waals surface area contributed by atoms with Crippen LogP contribution in [0, 0.1) is 0 Å². The quantitative estimate of drug-likeness (QED) is 0.802. The van der Waals surface area contributed by atoms with E-state index in [0.717, 1.165) is 57.5 Å². The second kappa shape index (κ2) is 8.78. The van der Waals surface area contributed by atoms with Crippen LogP contribution in [0.15, 0.2) is 16.5 Å². The van der Waals surface area contributed by atoms with E-state index in [0.29, 0.717) is 5.76 Å². The summed E-state index contributed by atoms with van der Waals surface area (Å²) in [6, 6.07) is 4.90. The molecule has 4 rings (SSSR count). The van der Waals surface area contributed by atoms with Gasteiger partial charge in [-0.15, -0.1) is 0 Å². The third kappa shape index (κ3) is 4.40. The fourth-order valence-electron chi connectivity index (χ4n) is 5.11. The first-order valence-electron chi connectivity index (χ1n) is 11.1. The summed E-state index contributed by atoms with van der Waals surface area (Å²) in [6.45, 7) is 8.27. The molecule has 1 aliphatic carbocycles. The van der Waals surface area contributed by atoms with Gasteiger partial charge < -0.3 is 9.32 Å². The van der Waals surface area contributed by atoms with Gasteiger partial charge in [-0.2, -0.15) is 0 Å². The van der Waals surface area contributed by atoms with E-state index < -0.39 is 0 Å². The maximum Gasteiger partial charge on any atom is 0.289 e. The SMILES string of the molecule is C[C@@H](c1ccc(C(=O)N2CCCN(C3CCCC3)CC2)o1)N1CCCCC1. The van der Waals surface area contributed by atoms with Crippen molar-refractivity contribution >= 4 is 5.91 Å². The fourth-order valence-corrected chi connectivity index (χ4v) is 5.11. The van der Waals surface area contributed by atoms with Gasteiger partial charge >= 0.3 is 0 Å². The summed E-state index contributed by atoms with van der Waals surface area (Å²) in [5, 5.41) is 0. The van der Waals surface area contributed by atoms with E-state index in [2.05, 4.69) is 16.7 Å². The highest BCUT2D eigenvalue weighted by Crippen LogP contribution is 2.27. The van der Waals surface area contributed by atoms with E-state index in [4.69, 9.17) is 4.42 Å². The van der Waals surface area contributed by atoms with Crippen molar-refractivity contribution in [2.45, 2.75) is 70.4 Å². The Labute approximate surface area is 163 Å². The third-order valence-electron chi connectivity index (χ3n) is 6.85. The largest absolute Gasteiger partial charge is 0.454 e. The number of rotatable bonds is 4. The van der Waals surface area contributed by atoms with Gasteiger partial charge in [0.1, 0.15) is 5.76 Å². The van der Waals surface area contributed by atoms with Crippen molar-refractivity contribution in [1.82, 2.24) is 14.7 Å². The van der Waals surface area contributed by atoms with Gasteiger partial charge in [-0.05, 0) is 64.3 Å². The number of nitrogens with zero attached hydrogens (tertiary/aromatic N) is 3. The summed E-state index contributed by atoms with van der Waals surface area (Å²) in [5.74, 6) is 1.52. The summed E-state index contributed by atoms with van der Waals surface area (Å²) in [4.78, 5) is 20.1. The van der Waals surface area contributed by atoms with Crippen molar-refractivity contribution in [1.29, 1.82) is 0 Å². The Morgan fingerprint density at radius 1 is 0.926 bits per heavy atom. The molecule has 0 spiro atoms. The topological polar surface area (TPSA) is 39.9 Å². The number of likely N-dealkylation sites (tertiary alicyclic amines) is 1. The van der Waals surface area contributed by atoms with Gasteiger partial charge in [0.25, 0.3) is 5.91 Å². The standard InChI is InChI=1S/C22H35N3O2/c1-18(23-12-5-2-6-13-23)20-10-11-21(27-20)22(26)25-15-7-14-24(16-17-25)19-8-3-4-9-19/h10-11,18-19H,2-9,12-17H2,1H3/t18-/m0/s1. The van der Waals surface area contributed by atoms with E-state index >= 15 is 0 Å². The van der Waals surface area contributed by atoms with Crippen molar-refractivity contribution in [3.8, 4) is 0 Å². The van der Waals surface area contributed by atoms with Gasteiger partial charge in [-0.1, -0.05) is 19.3 Å². The first-order chi connectivity index (χ1) is 13.2. The number of hydrogen-bond donors (Lipinski definition) is 0. The Kier molecular flexibility index (Phi) is 6.18. The van der Waals surface area contributed by atoms with Crippen LogP contribution in [0.2, 0.25) is 0 Å². The molecule has 1 saturated carbocycles. The van der Waals surface area contributed by atoms with Crippen LogP contribution in [0.4, 0.5) is 0 Å². The Balaban J connectivity index is 1.35. The zero-order valence-electron chi connectivity index (χ0n) is 16.9. The Morgan fingerprint density at radius 3 is 2.48 bits per heavy atom. The van der Waals surface area contributed by atoms with Crippen molar-refractivity contribution in [3.05, 3.63) is 23.7 Å². The molecule has 1 atom stereocenters. The molecule has 2 aliphatic heterocycles. The van der Waals surface area contributed by atoms with Crippen LogP contribution in [-0.2, 0) is 0 Å². The molecule has 3 aliphatic rings. The lowest BCUT2D eigenvalue weighted by molar-refractivity contribution is 0.0718. The summed E-state index contributed by atoms with van der Waals surface area (Å²) >= 11 is 0. The molecule has 1 aromatic rings. The molecule has 0 N–H and O–H groups in total. The highest BCUT2D eigenvalue weighted by molar-refractivity contribution is 5.91. The first-order valence-corrected chi connectivity index (χ1v) is 11.1. The minimum Gasteiger partial charge on any atom is -0.454 e. The monoisotopic (exact) mass is 373 g/mol. The molecule has 5 nitrogen and oxygen atoms in total. The van der Waals surface area contributed by atoms with Gasteiger partial charge in [0.05, 0.1) is 6.04 Å². The number of piperidine rings is 1. The molecule has 0 radical (unpaired) electrons. The highest BCUT2D eigenvalue weighted by Gasteiger charge is 2.28. The Bertz CT molecular complexity index is 617. The number of carbonyl (C=O) groups excluding carboxylic acids is 1. The molecule has 0 bridgehead atoms. The molecule has 3 heterocycles. The second-order valence-corrected chi connectivity index (χ2v) is 8.59. The molecule has 2 saturated heterocycles. The van der Waals surface area contributed by atoms with E-state index in [-0.39, 0.29) is 11.9 Å². The lowest BCUT2D eigenvalue weighted by atomic mass is 10.1. The van der Waals surface area contributed by atoms with E-state index in [9.17, 15) is 4.79 Å². The number of amides is 1. The van der Waals surface area contributed by atoms with E-state index in [1.54, 1.807) is 0 Å². The van der Waals surface area contributed by atoms with Crippen molar-refractivity contribution in [3.63, 3.8) is 0 Å². The van der Waals surface area contributed by atoms with Gasteiger partial charge in [0.15, 0.2) is 5.76 Å². The number of carbonyl (C=O) groups is 1. The molecule has 150 valence electrons. The zero-order chi connectivity index (χ0) is 18.6. The normalized spacial score (nSPS) is 24.9. The minimum atomic E-state index is 0.0698. The third-order valence-corrected chi connectivity index (χ3v) is 6.85. The van der Waals surface area contributed by atoms with Crippen LogP contribution < -0.4 is 0 Å². The predicted molar refractivity (Wildman–Crippen MR) is 107 cm³/mol.